The molecular formula is C12H19ClN2S. The van der Waals surface area contributed by atoms with Crippen LogP contribution in [0.25, 0.3) is 0 Å². The molecule has 2 N–H and O–H groups in total. The average Bonchev–Trinajstić information content (AvgIpc) is 2.22. The lowest BCUT2D eigenvalue weighted by Gasteiger charge is -2.24. The van der Waals surface area contributed by atoms with Gasteiger partial charge in [-0.15, -0.1) is 0 Å². The minimum absolute atomic E-state index is 0.545. The van der Waals surface area contributed by atoms with Gasteiger partial charge in [0.1, 0.15) is 0 Å². The van der Waals surface area contributed by atoms with E-state index >= 15 is 0 Å². The largest absolute Gasteiger partial charge is 0.399 e. The molecule has 4 heteroatoms. The zero-order chi connectivity index (χ0) is 12.1. The third-order valence-electron chi connectivity index (χ3n) is 2.66. The molecule has 1 atom stereocenters. The van der Waals surface area contributed by atoms with Crippen molar-refractivity contribution in [2.45, 2.75) is 19.5 Å². The summed E-state index contributed by atoms with van der Waals surface area (Å²) in [4.78, 5) is 2.30. The summed E-state index contributed by atoms with van der Waals surface area (Å²) < 4.78 is 0. The number of rotatable bonds is 5. The van der Waals surface area contributed by atoms with E-state index in [-0.39, 0.29) is 0 Å². The Bertz CT molecular complexity index is 344. The molecule has 0 spiro atoms. The zero-order valence-corrected chi connectivity index (χ0v) is 11.6. The molecule has 1 rings (SSSR count). The number of nitrogen functional groups attached to an aromatic ring is 1. The summed E-state index contributed by atoms with van der Waals surface area (Å²) in [6, 6.07) is 6.25. The molecule has 0 radical (unpaired) electrons. The van der Waals surface area contributed by atoms with Crippen LogP contribution in [0.15, 0.2) is 18.2 Å². The number of hydrogen-bond donors (Lipinski definition) is 1. The number of hydrogen-bond acceptors (Lipinski definition) is 3. The Morgan fingerprint density at radius 3 is 2.75 bits per heavy atom. The predicted molar refractivity (Wildman–Crippen MR) is 75.2 cm³/mol. The van der Waals surface area contributed by atoms with Gasteiger partial charge in [-0.3, -0.25) is 4.90 Å². The molecule has 1 aromatic carbocycles. The molecule has 0 aliphatic rings. The lowest BCUT2D eigenvalue weighted by atomic mass is 10.2. The van der Waals surface area contributed by atoms with Gasteiger partial charge in [0.15, 0.2) is 0 Å². The normalized spacial score (nSPS) is 13.1. The van der Waals surface area contributed by atoms with Crippen molar-refractivity contribution in [2.24, 2.45) is 0 Å². The molecular weight excluding hydrogens is 240 g/mol. The molecule has 1 aromatic rings. The molecule has 0 saturated carbocycles. The maximum absolute atomic E-state index is 6.14. The highest BCUT2D eigenvalue weighted by atomic mass is 35.5. The maximum atomic E-state index is 6.14. The fourth-order valence-electron chi connectivity index (χ4n) is 1.48. The van der Waals surface area contributed by atoms with E-state index in [2.05, 4.69) is 25.1 Å². The topological polar surface area (TPSA) is 29.3 Å². The molecule has 0 aliphatic carbocycles. The molecule has 0 heterocycles. The van der Waals surface area contributed by atoms with Crippen molar-refractivity contribution in [1.29, 1.82) is 0 Å². The Balaban J connectivity index is 2.65. The summed E-state index contributed by atoms with van der Waals surface area (Å²) in [6.45, 7) is 3.09. The number of thioether (sulfide) groups is 1. The van der Waals surface area contributed by atoms with Crippen molar-refractivity contribution in [3.05, 3.63) is 28.8 Å². The molecule has 0 fully saturated rings. The lowest BCUT2D eigenvalue weighted by Crippen LogP contribution is -2.30. The molecule has 0 aliphatic heterocycles. The molecule has 1 unspecified atom stereocenters. The highest BCUT2D eigenvalue weighted by Gasteiger charge is 2.10. The SMILES string of the molecule is CSCC(C)N(C)Cc1ccc(N)cc1Cl. The molecule has 16 heavy (non-hydrogen) atoms. The minimum atomic E-state index is 0.545. The van der Waals surface area contributed by atoms with E-state index in [1.165, 1.54) is 0 Å². The van der Waals surface area contributed by atoms with E-state index in [0.717, 1.165) is 22.9 Å². The number of anilines is 1. The van der Waals surface area contributed by atoms with Gasteiger partial charge in [-0.25, -0.2) is 0 Å². The Labute approximate surface area is 107 Å². The van der Waals surface area contributed by atoms with Crippen LogP contribution in [0.5, 0.6) is 0 Å². The van der Waals surface area contributed by atoms with Gasteiger partial charge in [0, 0.05) is 29.0 Å². The van der Waals surface area contributed by atoms with Crippen LogP contribution in [0.4, 0.5) is 5.69 Å². The highest BCUT2D eigenvalue weighted by molar-refractivity contribution is 7.98. The number of nitrogens with zero attached hydrogens (tertiary/aromatic N) is 1. The molecule has 90 valence electrons. The van der Waals surface area contributed by atoms with E-state index in [1.54, 1.807) is 0 Å². The second-order valence-corrected chi connectivity index (χ2v) is 5.39. The van der Waals surface area contributed by atoms with Crippen LogP contribution in [0.2, 0.25) is 5.02 Å². The molecule has 0 amide bonds. The van der Waals surface area contributed by atoms with Crippen molar-refractivity contribution >= 4 is 29.1 Å². The van der Waals surface area contributed by atoms with E-state index in [1.807, 2.05) is 30.0 Å². The average molecular weight is 259 g/mol. The molecule has 0 saturated heterocycles. The summed E-state index contributed by atoms with van der Waals surface area (Å²) in [5.74, 6) is 1.13. The van der Waals surface area contributed by atoms with Crippen molar-refractivity contribution < 1.29 is 0 Å². The van der Waals surface area contributed by atoms with Gasteiger partial charge in [0.05, 0.1) is 0 Å². The predicted octanol–water partition coefficient (Wildman–Crippen LogP) is 3.11. The molecule has 0 aromatic heterocycles. The van der Waals surface area contributed by atoms with Crippen LogP contribution in [-0.4, -0.2) is 30.0 Å². The highest BCUT2D eigenvalue weighted by Crippen LogP contribution is 2.21. The fraction of sp³-hybridized carbons (Fsp3) is 0.500. The number of benzene rings is 1. The van der Waals surface area contributed by atoms with E-state index < -0.39 is 0 Å². The summed E-state index contributed by atoms with van der Waals surface area (Å²) in [5, 5.41) is 0.753. The molecule has 2 nitrogen and oxygen atoms in total. The second-order valence-electron chi connectivity index (χ2n) is 4.07. The summed E-state index contributed by atoms with van der Waals surface area (Å²) in [5.41, 5.74) is 7.51. The summed E-state index contributed by atoms with van der Waals surface area (Å²) >= 11 is 8.00. The van der Waals surface area contributed by atoms with Crippen LogP contribution in [0.3, 0.4) is 0 Å². The van der Waals surface area contributed by atoms with Crippen LogP contribution >= 0.6 is 23.4 Å². The monoisotopic (exact) mass is 258 g/mol. The summed E-state index contributed by atoms with van der Waals surface area (Å²) in [6.07, 6.45) is 2.13. The standard InChI is InChI=1S/C12H19ClN2S/c1-9(8-16-3)15(2)7-10-4-5-11(14)6-12(10)13/h4-6,9H,7-8,14H2,1-3H3. The minimum Gasteiger partial charge on any atom is -0.399 e. The van der Waals surface area contributed by atoms with Gasteiger partial charge >= 0.3 is 0 Å². The quantitative estimate of drug-likeness (QED) is 0.823. The third kappa shape index (κ3) is 3.89. The third-order valence-corrected chi connectivity index (χ3v) is 3.82. The lowest BCUT2D eigenvalue weighted by molar-refractivity contribution is 0.270. The first-order chi connectivity index (χ1) is 7.54. The Morgan fingerprint density at radius 2 is 2.19 bits per heavy atom. The summed E-state index contributed by atoms with van der Waals surface area (Å²) in [7, 11) is 2.12. The van der Waals surface area contributed by atoms with Crippen LogP contribution in [-0.2, 0) is 6.54 Å². The number of nitrogens with two attached hydrogens (primary N) is 1. The van der Waals surface area contributed by atoms with Crippen molar-refractivity contribution in [2.75, 3.05) is 24.8 Å². The van der Waals surface area contributed by atoms with Gasteiger partial charge in [-0.1, -0.05) is 17.7 Å². The Morgan fingerprint density at radius 1 is 1.50 bits per heavy atom. The van der Waals surface area contributed by atoms with Crippen molar-refractivity contribution in [3.63, 3.8) is 0 Å². The zero-order valence-electron chi connectivity index (χ0n) is 10.0. The first kappa shape index (κ1) is 13.7. The first-order valence-corrected chi connectivity index (χ1v) is 7.05. The van der Waals surface area contributed by atoms with Gasteiger partial charge < -0.3 is 5.73 Å². The second kappa shape index (κ2) is 6.38. The van der Waals surface area contributed by atoms with Gasteiger partial charge in [0.25, 0.3) is 0 Å². The van der Waals surface area contributed by atoms with E-state index in [0.29, 0.717) is 11.7 Å². The Kier molecular flexibility index (Phi) is 5.46. The Hall–Kier alpha value is -0.380. The van der Waals surface area contributed by atoms with Crippen molar-refractivity contribution in [3.8, 4) is 0 Å². The molecule has 0 bridgehead atoms. The van der Waals surface area contributed by atoms with E-state index in [9.17, 15) is 0 Å². The number of halogens is 1. The first-order valence-electron chi connectivity index (χ1n) is 5.27. The van der Waals surface area contributed by atoms with Crippen LogP contribution < -0.4 is 5.73 Å². The van der Waals surface area contributed by atoms with Gasteiger partial charge in [-0.2, -0.15) is 11.8 Å². The van der Waals surface area contributed by atoms with E-state index in [4.69, 9.17) is 17.3 Å². The smallest absolute Gasteiger partial charge is 0.0471 e. The fourth-order valence-corrected chi connectivity index (χ4v) is 2.47. The van der Waals surface area contributed by atoms with Crippen LogP contribution in [0, 0.1) is 0 Å². The van der Waals surface area contributed by atoms with Gasteiger partial charge in [0.2, 0.25) is 0 Å². The van der Waals surface area contributed by atoms with Crippen LogP contribution in [0.1, 0.15) is 12.5 Å². The van der Waals surface area contributed by atoms with Crippen molar-refractivity contribution in [1.82, 2.24) is 4.90 Å². The van der Waals surface area contributed by atoms with Gasteiger partial charge in [-0.05, 0) is 37.9 Å². The maximum Gasteiger partial charge on any atom is 0.0471 e.